The Balaban J connectivity index is 1.49. The van der Waals surface area contributed by atoms with Crippen LogP contribution >= 0.6 is 0 Å². The summed E-state index contributed by atoms with van der Waals surface area (Å²) in [6, 6.07) is 9.15. The number of benzene rings is 1. The summed E-state index contributed by atoms with van der Waals surface area (Å²) in [4.78, 5) is 23.1. The topological polar surface area (TPSA) is 128 Å². The second-order valence-corrected chi connectivity index (χ2v) is 7.27. The molecule has 4 N–H and O–H groups in total. The Morgan fingerprint density at radius 2 is 1.86 bits per heavy atom. The fourth-order valence-corrected chi connectivity index (χ4v) is 3.93. The van der Waals surface area contributed by atoms with Crippen LogP contribution in [0.25, 0.3) is 0 Å². The van der Waals surface area contributed by atoms with Crippen molar-refractivity contribution in [1.82, 2.24) is 19.9 Å². The van der Waals surface area contributed by atoms with Crippen molar-refractivity contribution in [3.05, 3.63) is 47.8 Å². The highest BCUT2D eigenvalue weighted by Crippen LogP contribution is 2.37. The Hall–Kier alpha value is -3.23. The molecule has 0 unspecified atom stereocenters. The minimum atomic E-state index is -0.461. The van der Waals surface area contributed by atoms with Crippen molar-refractivity contribution < 1.29 is 4.79 Å². The summed E-state index contributed by atoms with van der Waals surface area (Å²) in [7, 11) is 0. The summed E-state index contributed by atoms with van der Waals surface area (Å²) in [6.45, 7) is 0.558. The standard InChI is InChI=1S/C19H24N8O/c20-17-22-18(21)27(19(23-17)9-5-2-6-10-19)12-15-11-26(25-24-15)13-16(28)14-7-3-1-4-8-14/h1,3-4,7-8,11H,2,5-6,9-10,12-13H2,(H4,20,21,22,23). The Labute approximate surface area is 163 Å². The first-order valence-electron chi connectivity index (χ1n) is 9.50. The molecule has 146 valence electrons. The van der Waals surface area contributed by atoms with Gasteiger partial charge in [0.2, 0.25) is 11.9 Å². The average Bonchev–Trinajstić information content (AvgIpc) is 3.13. The highest BCUT2D eigenvalue weighted by atomic mass is 16.1. The summed E-state index contributed by atoms with van der Waals surface area (Å²) in [5.74, 6) is 0.564. The average molecular weight is 380 g/mol. The van der Waals surface area contributed by atoms with Gasteiger partial charge in [-0.3, -0.25) is 4.79 Å². The van der Waals surface area contributed by atoms with Gasteiger partial charge in [-0.1, -0.05) is 42.0 Å². The van der Waals surface area contributed by atoms with E-state index >= 15 is 0 Å². The lowest BCUT2D eigenvalue weighted by molar-refractivity contribution is 0.0966. The van der Waals surface area contributed by atoms with E-state index in [-0.39, 0.29) is 18.3 Å². The monoisotopic (exact) mass is 380 g/mol. The van der Waals surface area contributed by atoms with Crippen molar-refractivity contribution in [2.75, 3.05) is 0 Å². The predicted octanol–water partition coefficient (Wildman–Crippen LogP) is 1.27. The van der Waals surface area contributed by atoms with Crippen LogP contribution in [0, 0.1) is 0 Å². The van der Waals surface area contributed by atoms with Crippen LogP contribution in [0.3, 0.4) is 0 Å². The zero-order valence-corrected chi connectivity index (χ0v) is 15.7. The van der Waals surface area contributed by atoms with Crippen molar-refractivity contribution in [2.45, 2.75) is 50.9 Å². The molecule has 0 radical (unpaired) electrons. The van der Waals surface area contributed by atoms with Crippen LogP contribution < -0.4 is 11.5 Å². The molecule has 4 rings (SSSR count). The van der Waals surface area contributed by atoms with Crippen molar-refractivity contribution in [1.29, 1.82) is 0 Å². The quantitative estimate of drug-likeness (QED) is 0.752. The third-order valence-corrected chi connectivity index (χ3v) is 5.29. The SMILES string of the molecule is NC1=NC2(CCCCC2)N(Cc2cn(CC(=O)c3ccccc3)nn2)C(N)=N1. The lowest BCUT2D eigenvalue weighted by Crippen LogP contribution is -2.57. The van der Waals surface area contributed by atoms with Crippen LogP contribution in [0.1, 0.15) is 48.2 Å². The van der Waals surface area contributed by atoms with Crippen LogP contribution in [0.4, 0.5) is 0 Å². The first-order chi connectivity index (χ1) is 13.6. The third-order valence-electron chi connectivity index (χ3n) is 5.29. The van der Waals surface area contributed by atoms with Gasteiger partial charge in [-0.25, -0.2) is 9.67 Å². The Morgan fingerprint density at radius 3 is 2.61 bits per heavy atom. The lowest BCUT2D eigenvalue weighted by Gasteiger charge is -2.45. The van der Waals surface area contributed by atoms with E-state index in [1.54, 1.807) is 23.0 Å². The van der Waals surface area contributed by atoms with E-state index in [4.69, 9.17) is 11.5 Å². The molecule has 0 bridgehead atoms. The van der Waals surface area contributed by atoms with E-state index in [0.717, 1.165) is 25.7 Å². The number of hydrogen-bond acceptors (Lipinski definition) is 8. The normalized spacial score (nSPS) is 18.6. The maximum absolute atomic E-state index is 12.4. The van der Waals surface area contributed by atoms with Crippen LogP contribution in [0.15, 0.2) is 46.5 Å². The summed E-state index contributed by atoms with van der Waals surface area (Å²) >= 11 is 0. The number of aromatic nitrogens is 3. The summed E-state index contributed by atoms with van der Waals surface area (Å²) < 4.78 is 1.55. The number of ketones is 1. The maximum Gasteiger partial charge on any atom is 0.220 e. The van der Waals surface area contributed by atoms with E-state index in [9.17, 15) is 4.79 Å². The summed E-state index contributed by atoms with van der Waals surface area (Å²) in [5.41, 5.74) is 13.0. The number of hydrogen-bond donors (Lipinski definition) is 2. The smallest absolute Gasteiger partial charge is 0.220 e. The first-order valence-corrected chi connectivity index (χ1v) is 9.50. The number of nitrogens with two attached hydrogens (primary N) is 2. The molecular weight excluding hydrogens is 356 g/mol. The zero-order valence-electron chi connectivity index (χ0n) is 15.7. The number of guanidine groups is 2. The molecule has 1 spiro atoms. The summed E-state index contributed by atoms with van der Waals surface area (Å²) in [5, 5.41) is 8.32. The lowest BCUT2D eigenvalue weighted by atomic mass is 9.87. The summed E-state index contributed by atoms with van der Waals surface area (Å²) in [6.07, 6.45) is 6.85. The van der Waals surface area contributed by atoms with Crippen LogP contribution in [0.5, 0.6) is 0 Å². The van der Waals surface area contributed by atoms with Gasteiger partial charge in [-0.15, -0.1) is 5.10 Å². The third kappa shape index (κ3) is 3.60. The fraction of sp³-hybridized carbons (Fsp3) is 0.421. The van der Waals surface area contributed by atoms with E-state index in [1.807, 2.05) is 23.1 Å². The largest absolute Gasteiger partial charge is 0.369 e. The Morgan fingerprint density at radius 1 is 1.11 bits per heavy atom. The van der Waals surface area contributed by atoms with Crippen LogP contribution in [0.2, 0.25) is 0 Å². The predicted molar refractivity (Wildman–Crippen MR) is 105 cm³/mol. The Kier molecular flexibility index (Phi) is 4.81. The van der Waals surface area contributed by atoms with Crippen LogP contribution in [-0.2, 0) is 13.1 Å². The number of nitrogens with zero attached hydrogens (tertiary/aromatic N) is 6. The molecule has 9 heteroatoms. The van der Waals surface area contributed by atoms with E-state index in [0.29, 0.717) is 23.8 Å². The molecule has 2 heterocycles. The van der Waals surface area contributed by atoms with Gasteiger partial charge in [-0.05, 0) is 25.7 Å². The first kappa shape index (κ1) is 18.1. The highest BCUT2D eigenvalue weighted by Gasteiger charge is 2.41. The molecule has 1 aromatic heterocycles. The van der Waals surface area contributed by atoms with Gasteiger partial charge < -0.3 is 16.4 Å². The van der Waals surface area contributed by atoms with Gasteiger partial charge >= 0.3 is 0 Å². The molecule has 1 fully saturated rings. The van der Waals surface area contributed by atoms with Gasteiger partial charge in [0, 0.05) is 5.56 Å². The van der Waals surface area contributed by atoms with Gasteiger partial charge in [-0.2, -0.15) is 4.99 Å². The minimum Gasteiger partial charge on any atom is -0.369 e. The van der Waals surface area contributed by atoms with E-state index in [2.05, 4.69) is 20.3 Å². The number of carbonyl (C=O) groups is 1. The molecular formula is C19H24N8O. The van der Waals surface area contributed by atoms with Crippen LogP contribution in [-0.4, -0.2) is 43.3 Å². The molecule has 1 aliphatic heterocycles. The highest BCUT2D eigenvalue weighted by molar-refractivity contribution is 5.96. The van der Waals surface area contributed by atoms with Crippen molar-refractivity contribution in [3.8, 4) is 0 Å². The van der Waals surface area contributed by atoms with Gasteiger partial charge in [0.25, 0.3) is 0 Å². The fourth-order valence-electron chi connectivity index (χ4n) is 3.93. The second kappa shape index (κ2) is 7.41. The maximum atomic E-state index is 12.4. The number of rotatable bonds is 5. The van der Waals surface area contributed by atoms with E-state index < -0.39 is 5.66 Å². The molecule has 1 aliphatic carbocycles. The molecule has 2 aromatic rings. The molecule has 28 heavy (non-hydrogen) atoms. The molecule has 0 amide bonds. The van der Waals surface area contributed by atoms with Gasteiger partial charge in [0.1, 0.15) is 17.9 Å². The van der Waals surface area contributed by atoms with Crippen molar-refractivity contribution in [3.63, 3.8) is 0 Å². The molecule has 1 aromatic carbocycles. The van der Waals surface area contributed by atoms with Gasteiger partial charge in [0.05, 0.1) is 12.7 Å². The van der Waals surface area contributed by atoms with Crippen molar-refractivity contribution >= 4 is 17.7 Å². The van der Waals surface area contributed by atoms with E-state index in [1.165, 1.54) is 6.42 Å². The zero-order chi connectivity index (χ0) is 19.6. The number of carbonyl (C=O) groups excluding carboxylic acids is 1. The Bertz CT molecular complexity index is 911. The second-order valence-electron chi connectivity index (χ2n) is 7.27. The van der Waals surface area contributed by atoms with Crippen molar-refractivity contribution in [2.24, 2.45) is 21.5 Å². The number of Topliss-reactive ketones (excluding diaryl/α,β-unsaturated/α-hetero) is 1. The molecule has 1 saturated carbocycles. The molecule has 9 nitrogen and oxygen atoms in total. The molecule has 0 atom stereocenters. The molecule has 2 aliphatic rings. The minimum absolute atomic E-state index is 0.0165. The van der Waals surface area contributed by atoms with Gasteiger partial charge in [0.15, 0.2) is 5.78 Å². The number of aliphatic imine (C=N–C) groups is 2. The molecule has 0 saturated heterocycles.